The van der Waals surface area contributed by atoms with Gasteiger partial charge in [-0.1, -0.05) is 11.6 Å². The van der Waals surface area contributed by atoms with E-state index < -0.39 is 0 Å². The first-order chi connectivity index (χ1) is 11.0. The van der Waals surface area contributed by atoms with E-state index in [2.05, 4.69) is 43.1 Å². The van der Waals surface area contributed by atoms with Gasteiger partial charge in [-0.3, -0.25) is 9.89 Å². The van der Waals surface area contributed by atoms with E-state index in [9.17, 15) is 4.79 Å². The molecule has 0 atom stereocenters. The number of amides is 1. The second-order valence-corrected chi connectivity index (χ2v) is 6.47. The Morgan fingerprint density at radius 1 is 1.22 bits per heavy atom. The number of hydrogen-bond donors (Lipinski definition) is 2. The fourth-order valence-corrected chi connectivity index (χ4v) is 2.65. The number of halogens is 2. The molecule has 7 heteroatoms. The molecule has 116 valence electrons. The lowest BCUT2D eigenvalue weighted by Crippen LogP contribution is -2.11. The van der Waals surface area contributed by atoms with Gasteiger partial charge in [-0.2, -0.15) is 5.10 Å². The second-order valence-electron chi connectivity index (χ2n) is 4.90. The van der Waals surface area contributed by atoms with E-state index in [0.29, 0.717) is 22.1 Å². The lowest BCUT2D eigenvalue weighted by Gasteiger charge is -2.07. The zero-order valence-corrected chi connectivity index (χ0v) is 15.0. The number of nitrogens with one attached hydrogen (secondary N) is 2. The van der Waals surface area contributed by atoms with Gasteiger partial charge in [-0.15, -0.1) is 0 Å². The number of benzene rings is 2. The highest BCUT2D eigenvalue weighted by Crippen LogP contribution is 2.21. The van der Waals surface area contributed by atoms with Crippen molar-refractivity contribution in [2.45, 2.75) is 6.92 Å². The number of rotatable bonds is 3. The van der Waals surface area contributed by atoms with Crippen LogP contribution in [0.3, 0.4) is 0 Å². The summed E-state index contributed by atoms with van der Waals surface area (Å²) in [5, 5.41) is 10.4. The van der Waals surface area contributed by atoms with E-state index in [0.717, 1.165) is 15.0 Å². The van der Waals surface area contributed by atoms with Crippen LogP contribution in [0.1, 0.15) is 16.2 Å². The van der Waals surface area contributed by atoms with Crippen LogP contribution in [-0.2, 0) is 0 Å². The van der Waals surface area contributed by atoms with E-state index in [1.165, 1.54) is 0 Å². The van der Waals surface area contributed by atoms with Crippen molar-refractivity contribution in [3.05, 3.63) is 62.4 Å². The Kier molecular flexibility index (Phi) is 4.63. The normalized spacial score (nSPS) is 10.6. The van der Waals surface area contributed by atoms with Gasteiger partial charge in [0.1, 0.15) is 5.82 Å². The number of aromatic amines is 1. The second kappa shape index (κ2) is 6.67. The first-order valence-corrected chi connectivity index (χ1v) is 8.24. The molecule has 5 nitrogen and oxygen atoms in total. The fourth-order valence-electron chi connectivity index (χ4n) is 2.02. The van der Waals surface area contributed by atoms with Gasteiger partial charge in [0.05, 0.1) is 5.02 Å². The van der Waals surface area contributed by atoms with Gasteiger partial charge < -0.3 is 5.32 Å². The van der Waals surface area contributed by atoms with Crippen molar-refractivity contribution in [2.75, 3.05) is 5.32 Å². The Labute approximate surface area is 151 Å². The van der Waals surface area contributed by atoms with Crippen LogP contribution in [-0.4, -0.2) is 21.1 Å². The molecule has 0 aliphatic carbocycles. The van der Waals surface area contributed by atoms with Crippen LogP contribution in [0.5, 0.6) is 0 Å². The first-order valence-electron chi connectivity index (χ1n) is 6.79. The molecular weight excluding hydrogens is 427 g/mol. The summed E-state index contributed by atoms with van der Waals surface area (Å²) in [6, 6.07) is 12.5. The van der Waals surface area contributed by atoms with E-state index >= 15 is 0 Å². The Hall–Kier alpha value is -1.93. The quantitative estimate of drug-likeness (QED) is 0.599. The number of aromatic nitrogens is 3. The largest absolute Gasteiger partial charge is 0.322 e. The number of anilines is 1. The molecule has 0 saturated heterocycles. The average Bonchev–Trinajstić information content (AvgIpc) is 2.97. The van der Waals surface area contributed by atoms with Crippen molar-refractivity contribution in [3.8, 4) is 11.4 Å². The summed E-state index contributed by atoms with van der Waals surface area (Å²) in [6.07, 6.45) is 0. The van der Waals surface area contributed by atoms with Crippen molar-refractivity contribution < 1.29 is 4.79 Å². The third kappa shape index (κ3) is 3.70. The van der Waals surface area contributed by atoms with Gasteiger partial charge in [0.2, 0.25) is 0 Å². The van der Waals surface area contributed by atoms with Gasteiger partial charge in [0.15, 0.2) is 5.82 Å². The predicted octanol–water partition coefficient (Wildman–Crippen LogP) is 4.29. The van der Waals surface area contributed by atoms with Gasteiger partial charge >= 0.3 is 0 Å². The highest BCUT2D eigenvalue weighted by molar-refractivity contribution is 14.1. The highest BCUT2D eigenvalue weighted by atomic mass is 127. The molecular formula is C16H12ClIN4O. The van der Waals surface area contributed by atoms with Crippen LogP contribution in [0.25, 0.3) is 11.4 Å². The third-order valence-electron chi connectivity index (χ3n) is 3.18. The summed E-state index contributed by atoms with van der Waals surface area (Å²) in [4.78, 5) is 16.5. The average molecular weight is 439 g/mol. The van der Waals surface area contributed by atoms with Crippen molar-refractivity contribution in [3.63, 3.8) is 0 Å². The summed E-state index contributed by atoms with van der Waals surface area (Å²) < 4.78 is 0.840. The molecule has 0 saturated carbocycles. The van der Waals surface area contributed by atoms with Crippen molar-refractivity contribution in [1.29, 1.82) is 0 Å². The van der Waals surface area contributed by atoms with Crippen LogP contribution in [0.4, 0.5) is 5.69 Å². The monoisotopic (exact) mass is 438 g/mol. The lowest BCUT2D eigenvalue weighted by atomic mass is 10.1. The number of H-pyrrole nitrogens is 1. The minimum atomic E-state index is -0.180. The molecule has 0 radical (unpaired) electrons. The molecule has 0 fully saturated rings. The molecule has 0 spiro atoms. The molecule has 1 heterocycles. The van der Waals surface area contributed by atoms with E-state index in [1.54, 1.807) is 18.2 Å². The van der Waals surface area contributed by atoms with E-state index in [1.807, 2.05) is 31.2 Å². The maximum Gasteiger partial charge on any atom is 0.255 e. The number of hydrogen-bond acceptors (Lipinski definition) is 3. The number of carbonyl (C=O) groups is 1. The number of nitrogens with zero attached hydrogens (tertiary/aromatic N) is 2. The minimum Gasteiger partial charge on any atom is -0.322 e. The van der Waals surface area contributed by atoms with Gasteiger partial charge in [0.25, 0.3) is 5.91 Å². The molecule has 1 aromatic heterocycles. The van der Waals surface area contributed by atoms with Crippen molar-refractivity contribution in [1.82, 2.24) is 15.2 Å². The van der Waals surface area contributed by atoms with Gasteiger partial charge in [0, 0.05) is 20.4 Å². The van der Waals surface area contributed by atoms with Crippen molar-refractivity contribution >= 4 is 45.8 Å². The Morgan fingerprint density at radius 3 is 2.57 bits per heavy atom. The summed E-state index contributed by atoms with van der Waals surface area (Å²) >= 11 is 8.07. The smallest absolute Gasteiger partial charge is 0.255 e. The van der Waals surface area contributed by atoms with Crippen molar-refractivity contribution in [2.24, 2.45) is 0 Å². The molecule has 0 aliphatic rings. The summed E-state index contributed by atoms with van der Waals surface area (Å²) in [5.41, 5.74) is 2.15. The van der Waals surface area contributed by atoms with Gasteiger partial charge in [-0.05, 0) is 72.0 Å². The lowest BCUT2D eigenvalue weighted by molar-refractivity contribution is 0.102. The molecule has 2 aromatic carbocycles. The molecule has 2 N–H and O–H groups in total. The maximum atomic E-state index is 12.2. The topological polar surface area (TPSA) is 70.7 Å². The standard InChI is InChI=1S/C16H12ClIN4O/c1-9-19-15(22-21-9)10-2-5-12(6-3-10)20-16(23)11-4-7-13(17)14(18)8-11/h2-8H,1H3,(H,20,23)(H,19,21,22). The highest BCUT2D eigenvalue weighted by Gasteiger charge is 2.09. The Bertz CT molecular complexity index is 861. The molecule has 3 aromatic rings. The molecule has 0 unspecified atom stereocenters. The molecule has 3 rings (SSSR count). The predicted molar refractivity (Wildman–Crippen MR) is 98.7 cm³/mol. The first kappa shape index (κ1) is 15.9. The van der Waals surface area contributed by atoms with E-state index in [-0.39, 0.29) is 5.91 Å². The molecule has 1 amide bonds. The SMILES string of the molecule is Cc1nc(-c2ccc(NC(=O)c3ccc(Cl)c(I)c3)cc2)n[nH]1. The zero-order valence-electron chi connectivity index (χ0n) is 12.1. The minimum absolute atomic E-state index is 0.180. The summed E-state index contributed by atoms with van der Waals surface area (Å²) in [7, 11) is 0. The number of carbonyl (C=O) groups excluding carboxylic acids is 1. The van der Waals surface area contributed by atoms with Crippen LogP contribution in [0.15, 0.2) is 42.5 Å². The van der Waals surface area contributed by atoms with Crippen LogP contribution in [0, 0.1) is 10.5 Å². The number of aryl methyl sites for hydroxylation is 1. The zero-order chi connectivity index (χ0) is 16.4. The van der Waals surface area contributed by atoms with Crippen LogP contribution in [0.2, 0.25) is 5.02 Å². The fraction of sp³-hybridized carbons (Fsp3) is 0.0625. The maximum absolute atomic E-state index is 12.2. The summed E-state index contributed by atoms with van der Waals surface area (Å²) in [5.74, 6) is 1.21. The third-order valence-corrected chi connectivity index (χ3v) is 4.72. The molecule has 0 aliphatic heterocycles. The Morgan fingerprint density at radius 2 is 1.96 bits per heavy atom. The molecule has 23 heavy (non-hydrogen) atoms. The Balaban J connectivity index is 1.75. The van der Waals surface area contributed by atoms with Crippen LogP contribution < -0.4 is 5.32 Å². The molecule has 0 bridgehead atoms. The van der Waals surface area contributed by atoms with E-state index in [4.69, 9.17) is 11.6 Å². The summed E-state index contributed by atoms with van der Waals surface area (Å²) in [6.45, 7) is 1.85. The van der Waals surface area contributed by atoms with Gasteiger partial charge in [-0.25, -0.2) is 4.98 Å². The van der Waals surface area contributed by atoms with Crippen LogP contribution >= 0.6 is 34.2 Å².